The molecule has 2 aliphatic rings. The topological polar surface area (TPSA) is 62.5 Å². The van der Waals surface area contributed by atoms with Gasteiger partial charge in [-0.3, -0.25) is 4.79 Å². The van der Waals surface area contributed by atoms with Crippen molar-refractivity contribution in [2.24, 2.45) is 0 Å². The van der Waals surface area contributed by atoms with Crippen LogP contribution in [0, 0.1) is 0 Å². The number of carbonyl (C=O) groups is 1. The predicted octanol–water partition coefficient (Wildman–Crippen LogP) is 2.95. The molecule has 2 fully saturated rings. The van der Waals surface area contributed by atoms with Crippen molar-refractivity contribution in [3.8, 4) is 0 Å². The summed E-state index contributed by atoms with van der Waals surface area (Å²) in [6.45, 7) is 7.75. The molecule has 2 heterocycles. The lowest BCUT2D eigenvalue weighted by Crippen LogP contribution is -2.34. The predicted molar refractivity (Wildman–Crippen MR) is 91.5 cm³/mol. The summed E-state index contributed by atoms with van der Waals surface area (Å²) in [5.74, 6) is 2.03. The van der Waals surface area contributed by atoms with E-state index in [9.17, 15) is 4.79 Å². The third kappa shape index (κ3) is 4.15. The Kier molecular flexibility index (Phi) is 5.87. The Labute approximate surface area is 144 Å². The van der Waals surface area contributed by atoms with E-state index in [2.05, 4.69) is 22.0 Å². The number of aromatic nitrogens is 2. The van der Waals surface area contributed by atoms with Gasteiger partial charge in [-0.25, -0.2) is 0 Å². The van der Waals surface area contributed by atoms with Gasteiger partial charge in [0.15, 0.2) is 5.82 Å². The quantitative estimate of drug-likeness (QED) is 0.731. The monoisotopic (exact) mass is 334 g/mol. The van der Waals surface area contributed by atoms with E-state index in [0.717, 1.165) is 25.2 Å². The minimum atomic E-state index is 0.193. The minimum absolute atomic E-state index is 0.193. The molecule has 1 amide bonds. The Morgan fingerprint density at radius 3 is 2.71 bits per heavy atom. The van der Waals surface area contributed by atoms with Gasteiger partial charge in [0, 0.05) is 24.9 Å². The third-order valence-corrected chi connectivity index (χ3v) is 5.54. The van der Waals surface area contributed by atoms with Crippen LogP contribution in [0.15, 0.2) is 4.52 Å². The molecule has 134 valence electrons. The lowest BCUT2D eigenvalue weighted by Gasteiger charge is -2.25. The molecule has 6 heteroatoms. The van der Waals surface area contributed by atoms with E-state index in [0.29, 0.717) is 37.3 Å². The van der Waals surface area contributed by atoms with Crippen LogP contribution < -0.4 is 0 Å². The standard InChI is InChI=1S/C18H30N4O2/c1-3-21(13-16-19-18(24-20-16)15-7-6-8-15)17(23)10-9-14(2)22-11-4-5-12-22/h14-15H,3-13H2,1-2H3/t14-/m1/s1. The highest BCUT2D eigenvalue weighted by molar-refractivity contribution is 5.76. The molecule has 1 aliphatic carbocycles. The summed E-state index contributed by atoms with van der Waals surface area (Å²) in [6, 6.07) is 0.491. The first-order valence-corrected chi connectivity index (χ1v) is 9.51. The number of hydrogen-bond donors (Lipinski definition) is 0. The SMILES string of the molecule is CCN(Cc1noc(C2CCC2)n1)C(=O)CC[C@@H](C)N1CCCC1. The molecule has 0 radical (unpaired) electrons. The first kappa shape index (κ1) is 17.4. The lowest BCUT2D eigenvalue weighted by molar-refractivity contribution is -0.132. The Morgan fingerprint density at radius 2 is 2.08 bits per heavy atom. The summed E-state index contributed by atoms with van der Waals surface area (Å²) in [5.41, 5.74) is 0. The smallest absolute Gasteiger partial charge is 0.229 e. The van der Waals surface area contributed by atoms with Gasteiger partial charge in [0.05, 0.1) is 6.54 Å². The van der Waals surface area contributed by atoms with E-state index < -0.39 is 0 Å². The summed E-state index contributed by atoms with van der Waals surface area (Å²) >= 11 is 0. The Balaban J connectivity index is 1.47. The van der Waals surface area contributed by atoms with Gasteiger partial charge in [0.2, 0.25) is 11.8 Å². The van der Waals surface area contributed by atoms with E-state index in [1.165, 1.54) is 32.4 Å². The normalized spacial score (nSPS) is 20.1. The average Bonchev–Trinajstić information content (AvgIpc) is 3.20. The third-order valence-electron chi connectivity index (χ3n) is 5.54. The highest BCUT2D eigenvalue weighted by Crippen LogP contribution is 2.35. The van der Waals surface area contributed by atoms with Crippen molar-refractivity contribution in [2.75, 3.05) is 19.6 Å². The van der Waals surface area contributed by atoms with Crippen LogP contribution >= 0.6 is 0 Å². The molecule has 6 nitrogen and oxygen atoms in total. The van der Waals surface area contributed by atoms with Crippen molar-refractivity contribution >= 4 is 5.91 Å². The average molecular weight is 334 g/mol. The first-order chi connectivity index (χ1) is 11.7. The van der Waals surface area contributed by atoms with Crippen molar-refractivity contribution in [1.29, 1.82) is 0 Å². The van der Waals surface area contributed by atoms with E-state index >= 15 is 0 Å². The zero-order chi connectivity index (χ0) is 16.9. The van der Waals surface area contributed by atoms with E-state index in [-0.39, 0.29) is 5.91 Å². The van der Waals surface area contributed by atoms with Crippen LogP contribution in [0.25, 0.3) is 0 Å². The fourth-order valence-corrected chi connectivity index (χ4v) is 3.56. The summed E-state index contributed by atoms with van der Waals surface area (Å²) in [6.07, 6.45) is 7.64. The van der Waals surface area contributed by atoms with Gasteiger partial charge in [-0.2, -0.15) is 4.98 Å². The molecule has 1 saturated heterocycles. The van der Waals surface area contributed by atoms with E-state index in [1.807, 2.05) is 11.8 Å². The van der Waals surface area contributed by atoms with Crippen LogP contribution in [0.5, 0.6) is 0 Å². The molecule has 1 atom stereocenters. The van der Waals surface area contributed by atoms with Gasteiger partial charge in [-0.15, -0.1) is 0 Å². The van der Waals surface area contributed by atoms with Gasteiger partial charge in [0.25, 0.3) is 0 Å². The molecule has 1 aliphatic heterocycles. The fourth-order valence-electron chi connectivity index (χ4n) is 3.56. The highest BCUT2D eigenvalue weighted by atomic mass is 16.5. The summed E-state index contributed by atoms with van der Waals surface area (Å²) < 4.78 is 5.35. The number of hydrogen-bond acceptors (Lipinski definition) is 5. The van der Waals surface area contributed by atoms with Gasteiger partial charge < -0.3 is 14.3 Å². The molecule has 1 aromatic rings. The van der Waals surface area contributed by atoms with Gasteiger partial charge >= 0.3 is 0 Å². The summed E-state index contributed by atoms with van der Waals surface area (Å²) in [5, 5.41) is 4.06. The van der Waals surface area contributed by atoms with Crippen LogP contribution in [-0.2, 0) is 11.3 Å². The number of nitrogens with zero attached hydrogens (tertiary/aromatic N) is 4. The van der Waals surface area contributed by atoms with Gasteiger partial charge in [-0.05, 0) is 59.0 Å². The van der Waals surface area contributed by atoms with Crippen molar-refractivity contribution in [1.82, 2.24) is 19.9 Å². The van der Waals surface area contributed by atoms with Crippen LogP contribution in [-0.4, -0.2) is 51.5 Å². The lowest BCUT2D eigenvalue weighted by atomic mass is 9.85. The molecule has 24 heavy (non-hydrogen) atoms. The molecular formula is C18H30N4O2. The van der Waals surface area contributed by atoms with Crippen molar-refractivity contribution in [3.63, 3.8) is 0 Å². The summed E-state index contributed by atoms with van der Waals surface area (Å²) in [7, 11) is 0. The van der Waals surface area contributed by atoms with Crippen molar-refractivity contribution in [2.45, 2.75) is 77.3 Å². The minimum Gasteiger partial charge on any atom is -0.339 e. The Bertz CT molecular complexity index is 535. The first-order valence-electron chi connectivity index (χ1n) is 9.51. The van der Waals surface area contributed by atoms with Crippen LogP contribution in [0.1, 0.15) is 76.4 Å². The largest absolute Gasteiger partial charge is 0.339 e. The second kappa shape index (κ2) is 8.10. The Hall–Kier alpha value is -1.43. The van der Waals surface area contributed by atoms with E-state index in [4.69, 9.17) is 4.52 Å². The Morgan fingerprint density at radius 1 is 1.33 bits per heavy atom. The number of carbonyl (C=O) groups excluding carboxylic acids is 1. The van der Waals surface area contributed by atoms with Crippen LogP contribution in [0.4, 0.5) is 0 Å². The second-order valence-corrected chi connectivity index (χ2v) is 7.22. The second-order valence-electron chi connectivity index (χ2n) is 7.22. The maximum Gasteiger partial charge on any atom is 0.229 e. The van der Waals surface area contributed by atoms with Crippen LogP contribution in [0.2, 0.25) is 0 Å². The summed E-state index contributed by atoms with van der Waals surface area (Å²) in [4.78, 5) is 21.3. The number of amides is 1. The highest BCUT2D eigenvalue weighted by Gasteiger charge is 2.26. The molecule has 0 unspecified atom stereocenters. The molecule has 3 rings (SSSR count). The van der Waals surface area contributed by atoms with Crippen LogP contribution in [0.3, 0.4) is 0 Å². The van der Waals surface area contributed by atoms with Crippen molar-refractivity contribution in [3.05, 3.63) is 11.7 Å². The fraction of sp³-hybridized carbons (Fsp3) is 0.833. The molecule has 1 saturated carbocycles. The molecule has 0 N–H and O–H groups in total. The molecule has 0 aromatic carbocycles. The molecule has 0 spiro atoms. The zero-order valence-electron chi connectivity index (χ0n) is 15.0. The van der Waals surface area contributed by atoms with E-state index in [1.54, 1.807) is 0 Å². The number of rotatable bonds is 8. The molecular weight excluding hydrogens is 304 g/mol. The maximum atomic E-state index is 12.5. The zero-order valence-corrected chi connectivity index (χ0v) is 15.0. The number of likely N-dealkylation sites (tertiary alicyclic amines) is 1. The van der Waals surface area contributed by atoms with Crippen molar-refractivity contribution < 1.29 is 9.32 Å². The molecule has 0 bridgehead atoms. The maximum absolute atomic E-state index is 12.5. The van der Waals surface area contributed by atoms with Gasteiger partial charge in [-0.1, -0.05) is 11.6 Å². The van der Waals surface area contributed by atoms with Gasteiger partial charge in [0.1, 0.15) is 0 Å². The molecule has 1 aromatic heterocycles.